The third-order valence-corrected chi connectivity index (χ3v) is 3.89. The predicted octanol–water partition coefficient (Wildman–Crippen LogP) is 3.71. The van der Waals surface area contributed by atoms with Crippen LogP contribution in [0.2, 0.25) is 10.0 Å². The standard InChI is InChI=1S/C18H16Cl2N2O3/c19-13-6-7-14(20)15(10-13)22-18(25)11-21-17(24)9-8-16(23)12-4-2-1-3-5-12/h1-7,10H,8-9,11H2,(H,21,24)(H,22,25). The van der Waals surface area contributed by atoms with Crippen molar-refractivity contribution in [1.29, 1.82) is 0 Å². The number of carbonyl (C=O) groups is 3. The van der Waals surface area contributed by atoms with Crippen LogP contribution >= 0.6 is 23.2 Å². The number of ketones is 1. The zero-order chi connectivity index (χ0) is 18.2. The van der Waals surface area contributed by atoms with Crippen molar-refractivity contribution in [3.8, 4) is 0 Å². The zero-order valence-electron chi connectivity index (χ0n) is 13.2. The van der Waals surface area contributed by atoms with Crippen molar-refractivity contribution in [2.45, 2.75) is 12.8 Å². The van der Waals surface area contributed by atoms with E-state index in [0.717, 1.165) is 0 Å². The molecule has 0 heterocycles. The Hall–Kier alpha value is -2.37. The third kappa shape index (κ3) is 6.21. The molecular weight excluding hydrogens is 363 g/mol. The number of amides is 2. The largest absolute Gasteiger partial charge is 0.347 e. The van der Waals surface area contributed by atoms with Crippen LogP contribution in [0.4, 0.5) is 5.69 Å². The first-order chi connectivity index (χ1) is 12.0. The van der Waals surface area contributed by atoms with Crippen LogP contribution in [0.3, 0.4) is 0 Å². The van der Waals surface area contributed by atoms with Gasteiger partial charge < -0.3 is 10.6 Å². The predicted molar refractivity (Wildman–Crippen MR) is 98.1 cm³/mol. The van der Waals surface area contributed by atoms with Crippen LogP contribution in [0.1, 0.15) is 23.2 Å². The molecule has 0 saturated heterocycles. The molecule has 2 rings (SSSR count). The summed E-state index contributed by atoms with van der Waals surface area (Å²) in [5.41, 5.74) is 0.927. The first-order valence-corrected chi connectivity index (χ1v) is 8.31. The molecule has 7 heteroatoms. The quantitative estimate of drug-likeness (QED) is 0.721. The topological polar surface area (TPSA) is 75.3 Å². The summed E-state index contributed by atoms with van der Waals surface area (Å²) in [5, 5.41) is 5.80. The second-order valence-corrected chi connectivity index (χ2v) is 6.08. The summed E-state index contributed by atoms with van der Waals surface area (Å²) >= 11 is 11.8. The maximum atomic E-state index is 11.9. The molecular formula is C18H16Cl2N2O3. The van der Waals surface area contributed by atoms with E-state index in [2.05, 4.69) is 10.6 Å². The van der Waals surface area contributed by atoms with Crippen LogP contribution in [-0.4, -0.2) is 24.1 Å². The summed E-state index contributed by atoms with van der Waals surface area (Å²) in [5.74, 6) is -0.936. The number of Topliss-reactive ketones (excluding diaryl/α,β-unsaturated/α-hetero) is 1. The Morgan fingerprint density at radius 2 is 1.60 bits per heavy atom. The van der Waals surface area contributed by atoms with Gasteiger partial charge in [0.15, 0.2) is 5.78 Å². The lowest BCUT2D eigenvalue weighted by molar-refractivity contribution is -0.124. The average Bonchev–Trinajstić information content (AvgIpc) is 2.61. The Morgan fingerprint density at radius 1 is 0.880 bits per heavy atom. The summed E-state index contributed by atoms with van der Waals surface area (Å²) in [7, 11) is 0. The van der Waals surface area contributed by atoms with Gasteiger partial charge in [0.1, 0.15) is 0 Å². The lowest BCUT2D eigenvalue weighted by Gasteiger charge is -2.08. The van der Waals surface area contributed by atoms with E-state index in [1.54, 1.807) is 36.4 Å². The number of rotatable bonds is 7. The van der Waals surface area contributed by atoms with Gasteiger partial charge in [-0.3, -0.25) is 14.4 Å². The number of hydrogen-bond donors (Lipinski definition) is 2. The van der Waals surface area contributed by atoms with Crippen molar-refractivity contribution in [2.24, 2.45) is 0 Å². The van der Waals surface area contributed by atoms with Gasteiger partial charge in [-0.1, -0.05) is 53.5 Å². The minimum absolute atomic E-state index is 0.0128. The minimum Gasteiger partial charge on any atom is -0.347 e. The fourth-order valence-electron chi connectivity index (χ4n) is 2.05. The lowest BCUT2D eigenvalue weighted by Crippen LogP contribution is -2.33. The minimum atomic E-state index is -0.438. The zero-order valence-corrected chi connectivity index (χ0v) is 14.7. The van der Waals surface area contributed by atoms with E-state index in [1.165, 1.54) is 6.07 Å². The molecule has 0 unspecified atom stereocenters. The van der Waals surface area contributed by atoms with E-state index in [0.29, 0.717) is 21.3 Å². The third-order valence-electron chi connectivity index (χ3n) is 3.32. The van der Waals surface area contributed by atoms with Gasteiger partial charge in [0.05, 0.1) is 17.3 Å². The fraction of sp³-hybridized carbons (Fsp3) is 0.167. The molecule has 130 valence electrons. The molecule has 2 amide bonds. The van der Waals surface area contributed by atoms with E-state index >= 15 is 0 Å². The van der Waals surface area contributed by atoms with Crippen molar-refractivity contribution in [3.05, 3.63) is 64.1 Å². The van der Waals surface area contributed by atoms with Crippen molar-refractivity contribution in [3.63, 3.8) is 0 Å². The number of carbonyl (C=O) groups excluding carboxylic acids is 3. The van der Waals surface area contributed by atoms with Gasteiger partial charge in [0, 0.05) is 23.4 Å². The number of hydrogen-bond acceptors (Lipinski definition) is 3. The molecule has 0 aliphatic heterocycles. The number of nitrogens with one attached hydrogen (secondary N) is 2. The monoisotopic (exact) mass is 378 g/mol. The Balaban J connectivity index is 1.75. The van der Waals surface area contributed by atoms with Crippen molar-refractivity contribution in [2.75, 3.05) is 11.9 Å². The number of benzene rings is 2. The summed E-state index contributed by atoms with van der Waals surface area (Å²) in [6.07, 6.45) is 0.0938. The second kappa shape index (κ2) is 9.20. The lowest BCUT2D eigenvalue weighted by atomic mass is 10.1. The highest BCUT2D eigenvalue weighted by Gasteiger charge is 2.11. The Morgan fingerprint density at radius 3 is 2.32 bits per heavy atom. The molecule has 0 saturated carbocycles. The molecule has 0 fully saturated rings. The van der Waals surface area contributed by atoms with Crippen LogP contribution in [0, 0.1) is 0 Å². The van der Waals surface area contributed by atoms with E-state index in [-0.39, 0.29) is 31.1 Å². The van der Waals surface area contributed by atoms with Gasteiger partial charge in [-0.05, 0) is 18.2 Å². The average molecular weight is 379 g/mol. The van der Waals surface area contributed by atoms with E-state index in [4.69, 9.17) is 23.2 Å². The normalized spacial score (nSPS) is 10.2. The van der Waals surface area contributed by atoms with Crippen LogP contribution in [0.5, 0.6) is 0 Å². The van der Waals surface area contributed by atoms with Gasteiger partial charge in [-0.2, -0.15) is 0 Å². The molecule has 0 aliphatic carbocycles. The van der Waals surface area contributed by atoms with Gasteiger partial charge in [-0.25, -0.2) is 0 Å². The van der Waals surface area contributed by atoms with Crippen LogP contribution in [0.25, 0.3) is 0 Å². The summed E-state index contributed by atoms with van der Waals surface area (Å²) < 4.78 is 0. The van der Waals surface area contributed by atoms with Crippen molar-refractivity contribution in [1.82, 2.24) is 5.32 Å². The maximum absolute atomic E-state index is 11.9. The first kappa shape index (κ1) is 19.0. The molecule has 0 radical (unpaired) electrons. The first-order valence-electron chi connectivity index (χ1n) is 7.55. The highest BCUT2D eigenvalue weighted by molar-refractivity contribution is 6.35. The highest BCUT2D eigenvalue weighted by atomic mass is 35.5. The van der Waals surface area contributed by atoms with Crippen molar-refractivity contribution >= 4 is 46.5 Å². The van der Waals surface area contributed by atoms with E-state index in [1.807, 2.05) is 6.07 Å². The van der Waals surface area contributed by atoms with Crippen LogP contribution < -0.4 is 10.6 Å². The van der Waals surface area contributed by atoms with E-state index < -0.39 is 5.91 Å². The van der Waals surface area contributed by atoms with E-state index in [9.17, 15) is 14.4 Å². The molecule has 2 N–H and O–H groups in total. The Kier molecular flexibility index (Phi) is 6.98. The smallest absolute Gasteiger partial charge is 0.243 e. The van der Waals surface area contributed by atoms with Crippen LogP contribution in [-0.2, 0) is 9.59 Å². The Bertz CT molecular complexity index is 779. The maximum Gasteiger partial charge on any atom is 0.243 e. The molecule has 0 bridgehead atoms. The molecule has 2 aromatic carbocycles. The molecule has 5 nitrogen and oxygen atoms in total. The van der Waals surface area contributed by atoms with Gasteiger partial charge in [0.2, 0.25) is 11.8 Å². The SMILES string of the molecule is O=C(CCC(=O)c1ccccc1)NCC(=O)Nc1cc(Cl)ccc1Cl. The number of anilines is 1. The molecule has 25 heavy (non-hydrogen) atoms. The molecule has 0 atom stereocenters. The van der Waals surface area contributed by atoms with Gasteiger partial charge >= 0.3 is 0 Å². The molecule has 0 aliphatic rings. The summed E-state index contributed by atoms with van der Waals surface area (Å²) in [6.45, 7) is -0.221. The summed E-state index contributed by atoms with van der Waals surface area (Å²) in [6, 6.07) is 13.4. The second-order valence-electron chi connectivity index (χ2n) is 5.24. The number of halogens is 2. The van der Waals surface area contributed by atoms with Gasteiger partial charge in [0.25, 0.3) is 0 Å². The Labute approximate surface area is 155 Å². The van der Waals surface area contributed by atoms with Crippen LogP contribution in [0.15, 0.2) is 48.5 Å². The molecule has 0 spiro atoms. The molecule has 2 aromatic rings. The summed E-state index contributed by atoms with van der Waals surface area (Å²) in [4.78, 5) is 35.5. The highest BCUT2D eigenvalue weighted by Crippen LogP contribution is 2.25. The van der Waals surface area contributed by atoms with Gasteiger partial charge in [-0.15, -0.1) is 0 Å². The fourth-order valence-corrected chi connectivity index (χ4v) is 2.39. The molecule has 0 aromatic heterocycles. The van der Waals surface area contributed by atoms with Crippen molar-refractivity contribution < 1.29 is 14.4 Å².